The van der Waals surface area contributed by atoms with Crippen molar-refractivity contribution in [3.63, 3.8) is 0 Å². The summed E-state index contributed by atoms with van der Waals surface area (Å²) in [5.41, 5.74) is 14.2. The number of hydrogen-bond acceptors (Lipinski definition) is 5. The maximum Gasteiger partial charge on any atom is 0.164 e. The van der Waals surface area contributed by atoms with Gasteiger partial charge in [0, 0.05) is 27.8 Å². The lowest BCUT2D eigenvalue weighted by Crippen LogP contribution is -2.32. The molecule has 0 saturated heterocycles. The number of fused-ring (bicyclic) bond motifs is 9. The molecule has 2 aliphatic rings. The van der Waals surface area contributed by atoms with Crippen molar-refractivity contribution in [2.75, 3.05) is 0 Å². The van der Waals surface area contributed by atoms with Crippen LogP contribution in [0.15, 0.2) is 194 Å². The number of hydrogen-bond donors (Lipinski definition) is 0. The van der Waals surface area contributed by atoms with E-state index in [0.717, 1.165) is 61.6 Å². The molecule has 0 atom stereocenters. The van der Waals surface area contributed by atoms with Crippen molar-refractivity contribution in [3.8, 4) is 85.1 Å². The lowest BCUT2D eigenvalue weighted by Gasteiger charge is -2.39. The Morgan fingerprint density at radius 2 is 0.776 bits per heavy atom. The topological polar surface area (TPSA) is 71.7 Å². The van der Waals surface area contributed by atoms with Crippen LogP contribution in [0.1, 0.15) is 27.8 Å². The molecule has 0 bridgehead atoms. The van der Waals surface area contributed by atoms with Gasteiger partial charge in [-0.2, -0.15) is 5.26 Å². The zero-order valence-electron chi connectivity index (χ0n) is 31.2. The zero-order valence-corrected chi connectivity index (χ0v) is 31.2. The highest BCUT2D eigenvalue weighted by molar-refractivity contribution is 5.90. The van der Waals surface area contributed by atoms with Gasteiger partial charge in [-0.3, -0.25) is 0 Å². The van der Waals surface area contributed by atoms with E-state index in [9.17, 15) is 5.26 Å². The smallest absolute Gasteiger partial charge is 0.164 e. The molecule has 8 aromatic carbocycles. The lowest BCUT2D eigenvalue weighted by atomic mass is 9.66. The first-order chi connectivity index (χ1) is 28.7. The van der Waals surface area contributed by atoms with Gasteiger partial charge in [-0.15, -0.1) is 0 Å². The molecule has 9 aromatic rings. The van der Waals surface area contributed by atoms with Crippen LogP contribution in [0.25, 0.3) is 67.5 Å². The fourth-order valence-electron chi connectivity index (χ4n) is 8.75. The molecule has 58 heavy (non-hydrogen) atoms. The van der Waals surface area contributed by atoms with Crippen LogP contribution in [-0.2, 0) is 5.41 Å². The highest BCUT2D eigenvalue weighted by atomic mass is 16.5. The van der Waals surface area contributed by atoms with E-state index in [-0.39, 0.29) is 0 Å². The third-order valence-electron chi connectivity index (χ3n) is 11.5. The summed E-state index contributed by atoms with van der Waals surface area (Å²) in [5, 5.41) is 9.18. The van der Waals surface area contributed by atoms with Crippen LogP contribution < -0.4 is 4.74 Å². The van der Waals surface area contributed by atoms with Gasteiger partial charge in [-0.1, -0.05) is 164 Å². The zero-order chi connectivity index (χ0) is 38.6. The molecule has 11 rings (SSSR count). The Kier molecular flexibility index (Phi) is 7.70. The first-order valence-electron chi connectivity index (χ1n) is 19.3. The third-order valence-corrected chi connectivity index (χ3v) is 11.5. The monoisotopic (exact) mass is 740 g/mol. The van der Waals surface area contributed by atoms with Crippen molar-refractivity contribution in [1.29, 1.82) is 5.26 Å². The Morgan fingerprint density at radius 3 is 1.34 bits per heavy atom. The second kappa shape index (κ2) is 13.4. The van der Waals surface area contributed by atoms with E-state index < -0.39 is 5.41 Å². The number of nitrogens with zero attached hydrogens (tertiary/aromatic N) is 4. The maximum atomic E-state index is 9.18. The summed E-state index contributed by atoms with van der Waals surface area (Å²) < 4.78 is 6.56. The number of aromatic nitrogens is 3. The van der Waals surface area contributed by atoms with Crippen molar-refractivity contribution < 1.29 is 4.74 Å². The normalized spacial score (nSPS) is 12.7. The molecule has 1 aliphatic carbocycles. The number of benzene rings is 8. The molecule has 1 spiro atoms. The average Bonchev–Trinajstić information content (AvgIpc) is 3.59. The number of rotatable bonds is 5. The Hall–Kier alpha value is -7.94. The first-order valence-corrected chi connectivity index (χ1v) is 19.3. The Morgan fingerprint density at radius 1 is 0.362 bits per heavy atom. The molecule has 0 unspecified atom stereocenters. The van der Waals surface area contributed by atoms with Crippen molar-refractivity contribution in [2.45, 2.75) is 5.41 Å². The average molecular weight is 741 g/mol. The Labute approximate surface area is 336 Å². The second-order valence-electron chi connectivity index (χ2n) is 14.7. The molecule has 2 heterocycles. The largest absolute Gasteiger partial charge is 0.457 e. The van der Waals surface area contributed by atoms with Gasteiger partial charge in [-0.25, -0.2) is 15.0 Å². The molecule has 5 heteroatoms. The van der Waals surface area contributed by atoms with Gasteiger partial charge >= 0.3 is 0 Å². The van der Waals surface area contributed by atoms with Gasteiger partial charge in [0.2, 0.25) is 0 Å². The van der Waals surface area contributed by atoms with Crippen LogP contribution in [0.4, 0.5) is 0 Å². The first kappa shape index (κ1) is 33.4. The van der Waals surface area contributed by atoms with E-state index in [1.807, 2.05) is 66.7 Å². The van der Waals surface area contributed by atoms with Crippen molar-refractivity contribution in [2.24, 2.45) is 0 Å². The SMILES string of the molecule is N#Cc1ccc(-c2ccc(-c3ccc(-c4nc(-c5ccccc5)nc(-c5ccc6c(c5)C5(c7ccccc7Oc7ccccc75)c5ccccc5-6)n4)cc3)cc2)cc1. The van der Waals surface area contributed by atoms with E-state index in [4.69, 9.17) is 19.7 Å². The van der Waals surface area contributed by atoms with Crippen LogP contribution in [0.2, 0.25) is 0 Å². The minimum Gasteiger partial charge on any atom is -0.457 e. The molecular formula is C53H32N4O. The van der Waals surface area contributed by atoms with Gasteiger partial charge < -0.3 is 4.74 Å². The van der Waals surface area contributed by atoms with Gasteiger partial charge in [-0.05, 0) is 74.8 Å². The molecule has 5 nitrogen and oxygen atoms in total. The number of ether oxygens (including phenoxy) is 1. The summed E-state index contributed by atoms with van der Waals surface area (Å²) in [4.78, 5) is 15.4. The minimum atomic E-state index is -0.596. The van der Waals surface area contributed by atoms with Crippen LogP contribution in [0, 0.1) is 11.3 Å². The quantitative estimate of drug-likeness (QED) is 0.176. The van der Waals surface area contributed by atoms with E-state index in [2.05, 4.69) is 133 Å². The molecule has 0 amide bonds. The standard InChI is InChI=1S/C53H32N4O/c54-33-34-18-20-35(21-19-34)36-22-24-37(25-23-36)38-26-28-40(29-27-38)51-55-50(39-10-2-1-3-11-39)56-52(57-51)41-30-31-43-42-12-4-5-13-44(42)53(47(43)32-41)45-14-6-8-16-48(45)58-49-17-9-7-15-46(49)53/h1-32H. The van der Waals surface area contributed by atoms with Crippen molar-refractivity contribution in [1.82, 2.24) is 15.0 Å². The van der Waals surface area contributed by atoms with Gasteiger partial charge in [0.25, 0.3) is 0 Å². The van der Waals surface area contributed by atoms with Gasteiger partial charge in [0.1, 0.15) is 11.5 Å². The van der Waals surface area contributed by atoms with E-state index in [1.165, 1.54) is 22.3 Å². The van der Waals surface area contributed by atoms with E-state index >= 15 is 0 Å². The molecule has 1 aromatic heterocycles. The molecule has 1 aliphatic heterocycles. The van der Waals surface area contributed by atoms with Crippen LogP contribution in [0.3, 0.4) is 0 Å². The Bertz CT molecular complexity index is 3030. The molecule has 0 fully saturated rings. The minimum absolute atomic E-state index is 0.596. The highest BCUT2D eigenvalue weighted by Crippen LogP contribution is 2.62. The molecule has 0 radical (unpaired) electrons. The summed E-state index contributed by atoms with van der Waals surface area (Å²) >= 11 is 0. The van der Waals surface area contributed by atoms with Crippen molar-refractivity contribution in [3.05, 3.63) is 222 Å². The summed E-state index contributed by atoms with van der Waals surface area (Å²) in [6.45, 7) is 0. The summed E-state index contributed by atoms with van der Waals surface area (Å²) in [6.07, 6.45) is 0. The lowest BCUT2D eigenvalue weighted by molar-refractivity contribution is 0.436. The third kappa shape index (κ3) is 5.27. The van der Waals surface area contributed by atoms with Crippen LogP contribution in [-0.4, -0.2) is 15.0 Å². The molecule has 270 valence electrons. The molecular weight excluding hydrogens is 709 g/mol. The van der Waals surface area contributed by atoms with Crippen LogP contribution >= 0.6 is 0 Å². The Balaban J connectivity index is 1.03. The maximum absolute atomic E-state index is 9.18. The predicted octanol–water partition coefficient (Wildman–Crippen LogP) is 12.5. The second-order valence-corrected chi connectivity index (χ2v) is 14.7. The highest BCUT2D eigenvalue weighted by Gasteiger charge is 2.51. The van der Waals surface area contributed by atoms with Crippen molar-refractivity contribution >= 4 is 0 Å². The fourth-order valence-corrected chi connectivity index (χ4v) is 8.75. The van der Waals surface area contributed by atoms with Gasteiger partial charge in [0.05, 0.1) is 17.0 Å². The summed E-state index contributed by atoms with van der Waals surface area (Å²) in [5.74, 6) is 3.53. The number of nitriles is 1. The van der Waals surface area contributed by atoms with Gasteiger partial charge in [0.15, 0.2) is 17.5 Å². The van der Waals surface area contributed by atoms with Crippen LogP contribution in [0.5, 0.6) is 11.5 Å². The fraction of sp³-hybridized carbons (Fsp3) is 0.0189. The number of para-hydroxylation sites is 2. The summed E-state index contributed by atoms with van der Waals surface area (Å²) in [6, 6.07) is 69.1. The molecule has 0 N–H and O–H groups in total. The summed E-state index contributed by atoms with van der Waals surface area (Å²) in [7, 11) is 0. The molecule has 0 saturated carbocycles. The van der Waals surface area contributed by atoms with E-state index in [1.54, 1.807) is 0 Å². The van der Waals surface area contributed by atoms with E-state index in [0.29, 0.717) is 23.0 Å². The predicted molar refractivity (Wildman–Crippen MR) is 229 cm³/mol.